The molecule has 3 rings (SSSR count). The summed E-state index contributed by atoms with van der Waals surface area (Å²) in [5, 5.41) is 5.62. The fraction of sp³-hybridized carbons (Fsp3) is 0.261. The van der Waals surface area contributed by atoms with Gasteiger partial charge in [-0.05, 0) is 37.9 Å². The molecule has 5 nitrogen and oxygen atoms in total. The average molecular weight is 408 g/mol. The second-order valence-electron chi connectivity index (χ2n) is 6.81. The Morgan fingerprint density at radius 1 is 1.00 bits per heavy atom. The summed E-state index contributed by atoms with van der Waals surface area (Å²) in [5.74, 6) is -0.263. The number of nitrogens with two attached hydrogens (primary N) is 1. The molecule has 29 heavy (non-hydrogen) atoms. The van der Waals surface area contributed by atoms with E-state index in [0.29, 0.717) is 18.5 Å². The van der Waals surface area contributed by atoms with Crippen molar-refractivity contribution < 1.29 is 9.59 Å². The Bertz CT molecular complexity index is 926. The molecule has 0 saturated carbocycles. The van der Waals surface area contributed by atoms with Crippen LogP contribution >= 0.6 is 11.3 Å². The van der Waals surface area contributed by atoms with Crippen LogP contribution in [0.15, 0.2) is 66.0 Å². The smallest absolute Gasteiger partial charge is 0.251 e. The molecule has 0 radical (unpaired) electrons. The van der Waals surface area contributed by atoms with Gasteiger partial charge in [-0.1, -0.05) is 48.5 Å². The largest absolute Gasteiger partial charge is 0.342 e. The molecular weight excluding hydrogens is 382 g/mol. The van der Waals surface area contributed by atoms with Crippen LogP contribution in [0.3, 0.4) is 0 Å². The van der Waals surface area contributed by atoms with Gasteiger partial charge < -0.3 is 11.1 Å². The molecule has 0 unspecified atom stereocenters. The van der Waals surface area contributed by atoms with E-state index in [0.717, 1.165) is 29.1 Å². The second-order valence-corrected chi connectivity index (χ2v) is 7.75. The number of hydrogen-bond donors (Lipinski definition) is 2. The van der Waals surface area contributed by atoms with Crippen LogP contribution in [0.4, 0.5) is 0 Å². The molecule has 0 aliphatic heterocycles. The van der Waals surface area contributed by atoms with Crippen LogP contribution < -0.4 is 11.1 Å². The summed E-state index contributed by atoms with van der Waals surface area (Å²) in [5.41, 5.74) is 8.02. The summed E-state index contributed by atoms with van der Waals surface area (Å²) >= 11 is 1.47. The van der Waals surface area contributed by atoms with Gasteiger partial charge in [-0.15, -0.1) is 11.3 Å². The van der Waals surface area contributed by atoms with Crippen LogP contribution in [-0.4, -0.2) is 29.3 Å². The van der Waals surface area contributed by atoms with Crippen molar-refractivity contribution in [3.63, 3.8) is 0 Å². The summed E-state index contributed by atoms with van der Waals surface area (Å²) in [6.45, 7) is 0.570. The number of benzene rings is 2. The zero-order valence-electron chi connectivity index (χ0n) is 16.2. The predicted molar refractivity (Wildman–Crippen MR) is 117 cm³/mol. The van der Waals surface area contributed by atoms with Crippen LogP contribution in [0.2, 0.25) is 0 Å². The number of Topliss-reactive ketones (excluding diaryl/α,β-unsaturated/α-hetero) is 1. The number of amides is 1. The van der Waals surface area contributed by atoms with E-state index in [1.807, 2.05) is 41.8 Å². The highest BCUT2D eigenvalue weighted by atomic mass is 32.1. The molecule has 6 heteroatoms. The number of rotatable bonds is 10. The van der Waals surface area contributed by atoms with E-state index in [9.17, 15) is 9.59 Å². The summed E-state index contributed by atoms with van der Waals surface area (Å²) < 4.78 is 0. The minimum Gasteiger partial charge on any atom is -0.342 e. The molecule has 3 N–H and O–H groups in total. The van der Waals surface area contributed by atoms with Crippen molar-refractivity contribution in [1.29, 1.82) is 0 Å². The van der Waals surface area contributed by atoms with Crippen molar-refractivity contribution in [2.45, 2.75) is 31.7 Å². The fourth-order valence-corrected chi connectivity index (χ4v) is 3.86. The first-order valence-corrected chi connectivity index (χ1v) is 10.6. The minimum absolute atomic E-state index is 0.0275. The molecule has 3 aromatic rings. The van der Waals surface area contributed by atoms with Crippen LogP contribution in [-0.2, 0) is 11.2 Å². The maximum absolute atomic E-state index is 12.9. The minimum atomic E-state index is -0.543. The van der Waals surface area contributed by atoms with E-state index >= 15 is 0 Å². The maximum atomic E-state index is 12.9. The Morgan fingerprint density at radius 3 is 2.38 bits per heavy atom. The highest BCUT2D eigenvalue weighted by Crippen LogP contribution is 2.22. The van der Waals surface area contributed by atoms with Crippen molar-refractivity contribution in [2.75, 3.05) is 6.54 Å². The first kappa shape index (κ1) is 20.9. The van der Waals surface area contributed by atoms with Crippen molar-refractivity contribution in [3.05, 3.63) is 76.6 Å². The summed E-state index contributed by atoms with van der Waals surface area (Å²) in [6.07, 6.45) is 2.39. The number of carbonyl (C=O) groups excluding carboxylic acids is 2. The number of aromatic nitrogens is 1. The number of ketones is 1. The Balaban J connectivity index is 1.67. The molecule has 0 spiro atoms. The van der Waals surface area contributed by atoms with Crippen molar-refractivity contribution in [3.8, 4) is 11.3 Å². The normalized spacial score (nSPS) is 11.8. The monoisotopic (exact) mass is 407 g/mol. The molecular formula is C23H25N3O2S. The van der Waals surface area contributed by atoms with Crippen LogP contribution in [0.5, 0.6) is 0 Å². The number of carbonyl (C=O) groups is 2. The Labute approximate surface area is 175 Å². The van der Waals surface area contributed by atoms with Crippen LogP contribution in [0.25, 0.3) is 11.3 Å². The summed E-state index contributed by atoms with van der Waals surface area (Å²) in [7, 11) is 0. The van der Waals surface area contributed by atoms with Gasteiger partial charge in [-0.25, -0.2) is 4.98 Å². The maximum Gasteiger partial charge on any atom is 0.251 e. The van der Waals surface area contributed by atoms with E-state index in [1.165, 1.54) is 11.3 Å². The topological polar surface area (TPSA) is 85.1 Å². The molecule has 0 bridgehead atoms. The lowest BCUT2D eigenvalue weighted by Gasteiger charge is -2.17. The molecule has 2 aromatic carbocycles. The molecule has 1 aromatic heterocycles. The molecule has 0 saturated heterocycles. The number of nitrogens with one attached hydrogen (secondary N) is 1. The molecule has 150 valence electrons. The third-order valence-corrected chi connectivity index (χ3v) is 5.47. The molecule has 0 aliphatic carbocycles. The van der Waals surface area contributed by atoms with Crippen molar-refractivity contribution in [2.24, 2.45) is 5.73 Å². The van der Waals surface area contributed by atoms with Gasteiger partial charge in [0.2, 0.25) is 0 Å². The Morgan fingerprint density at radius 2 is 1.69 bits per heavy atom. The lowest BCUT2D eigenvalue weighted by Crippen LogP contribution is -2.41. The molecule has 1 atom stereocenters. The fourth-order valence-electron chi connectivity index (χ4n) is 3.04. The Kier molecular flexibility index (Phi) is 7.67. The van der Waals surface area contributed by atoms with Gasteiger partial charge in [0.15, 0.2) is 5.78 Å². The number of hydrogen-bond acceptors (Lipinski definition) is 5. The van der Waals surface area contributed by atoms with Gasteiger partial charge >= 0.3 is 0 Å². The van der Waals surface area contributed by atoms with Gasteiger partial charge in [0.1, 0.15) is 5.01 Å². The van der Waals surface area contributed by atoms with E-state index in [-0.39, 0.29) is 18.1 Å². The first-order chi connectivity index (χ1) is 14.2. The lowest BCUT2D eigenvalue weighted by molar-refractivity contribution is -0.120. The Hall–Kier alpha value is -2.83. The molecule has 1 heterocycles. The SMILES string of the molecule is NCCCC[C@H](NC(=O)c1ccccc1)C(=O)Cc1nc(-c2ccccc2)cs1. The molecule has 0 fully saturated rings. The first-order valence-electron chi connectivity index (χ1n) is 9.76. The van der Waals surface area contributed by atoms with Gasteiger partial charge in [0, 0.05) is 16.5 Å². The zero-order valence-corrected chi connectivity index (χ0v) is 17.0. The van der Waals surface area contributed by atoms with Gasteiger partial charge in [-0.3, -0.25) is 9.59 Å². The number of unbranched alkanes of at least 4 members (excludes halogenated alkanes) is 1. The van der Waals surface area contributed by atoms with Gasteiger partial charge in [-0.2, -0.15) is 0 Å². The highest BCUT2D eigenvalue weighted by Gasteiger charge is 2.22. The van der Waals surface area contributed by atoms with E-state index in [2.05, 4.69) is 10.3 Å². The predicted octanol–water partition coefficient (Wildman–Crippen LogP) is 3.85. The average Bonchev–Trinajstić information content (AvgIpc) is 3.22. The molecule has 1 amide bonds. The van der Waals surface area contributed by atoms with E-state index in [1.54, 1.807) is 24.3 Å². The van der Waals surface area contributed by atoms with Crippen LogP contribution in [0.1, 0.15) is 34.6 Å². The third-order valence-electron chi connectivity index (χ3n) is 4.62. The van der Waals surface area contributed by atoms with Gasteiger partial charge in [0.05, 0.1) is 18.2 Å². The molecule has 0 aliphatic rings. The van der Waals surface area contributed by atoms with E-state index < -0.39 is 6.04 Å². The second kappa shape index (κ2) is 10.6. The number of thiazole rings is 1. The lowest BCUT2D eigenvalue weighted by atomic mass is 10.0. The third kappa shape index (κ3) is 6.07. The summed E-state index contributed by atoms with van der Waals surface area (Å²) in [4.78, 5) is 30.1. The quantitative estimate of drug-likeness (QED) is 0.500. The van der Waals surface area contributed by atoms with Crippen molar-refractivity contribution in [1.82, 2.24) is 10.3 Å². The van der Waals surface area contributed by atoms with Crippen molar-refractivity contribution >= 4 is 23.0 Å². The van der Waals surface area contributed by atoms with Gasteiger partial charge in [0.25, 0.3) is 5.91 Å². The highest BCUT2D eigenvalue weighted by molar-refractivity contribution is 7.10. The summed E-state index contributed by atoms with van der Waals surface area (Å²) in [6, 6.07) is 18.3. The zero-order chi connectivity index (χ0) is 20.5. The van der Waals surface area contributed by atoms with Crippen LogP contribution in [0, 0.1) is 0 Å². The number of nitrogens with zero attached hydrogens (tertiary/aromatic N) is 1. The van der Waals surface area contributed by atoms with E-state index in [4.69, 9.17) is 5.73 Å². The standard InChI is InChI=1S/C23H25N3O2S/c24-14-8-7-13-19(26-23(28)18-11-5-2-6-12-18)21(27)15-22-25-20(16-29-22)17-9-3-1-4-10-17/h1-6,9-12,16,19H,7-8,13-15,24H2,(H,26,28)/t19-/m0/s1.